The first-order valence-corrected chi connectivity index (χ1v) is 4.99. The first-order chi connectivity index (χ1) is 6.92. The van der Waals surface area contributed by atoms with Crippen molar-refractivity contribution in [2.45, 2.75) is 5.88 Å². The summed E-state index contributed by atoms with van der Waals surface area (Å²) < 4.78 is 0. The molecule has 70 valence electrons. The van der Waals surface area contributed by atoms with Gasteiger partial charge in [-0.05, 0) is 28.8 Å². The Balaban J connectivity index is 2.51. The van der Waals surface area contributed by atoms with Crippen LogP contribution in [0.5, 0.6) is 0 Å². The summed E-state index contributed by atoms with van der Waals surface area (Å²) in [5.41, 5.74) is 3.50. The number of hydrogen-bond donors (Lipinski definition) is 0. The lowest BCUT2D eigenvalue weighted by Gasteiger charge is -2.05. The molecular formula is C12H10ClN. The number of alkyl halides is 1. The van der Waals surface area contributed by atoms with E-state index in [1.807, 2.05) is 30.3 Å². The van der Waals surface area contributed by atoms with Crippen LogP contribution in [0.4, 0.5) is 0 Å². The van der Waals surface area contributed by atoms with E-state index in [2.05, 4.69) is 11.1 Å². The Morgan fingerprint density at radius 2 is 1.71 bits per heavy atom. The quantitative estimate of drug-likeness (QED) is 0.681. The van der Waals surface area contributed by atoms with Crippen molar-refractivity contribution >= 4 is 11.6 Å². The topological polar surface area (TPSA) is 12.9 Å². The molecule has 0 aliphatic heterocycles. The van der Waals surface area contributed by atoms with Crippen molar-refractivity contribution in [1.29, 1.82) is 0 Å². The van der Waals surface area contributed by atoms with Gasteiger partial charge in [0, 0.05) is 18.3 Å². The number of pyridine rings is 1. The second kappa shape index (κ2) is 4.25. The Morgan fingerprint density at radius 3 is 2.43 bits per heavy atom. The van der Waals surface area contributed by atoms with Crippen molar-refractivity contribution in [3.63, 3.8) is 0 Å². The summed E-state index contributed by atoms with van der Waals surface area (Å²) in [6, 6.07) is 12.1. The lowest BCUT2D eigenvalue weighted by atomic mass is 10.0. The molecule has 0 amide bonds. The first kappa shape index (κ1) is 9.22. The van der Waals surface area contributed by atoms with Crippen LogP contribution < -0.4 is 0 Å². The van der Waals surface area contributed by atoms with Crippen LogP contribution in [0, 0.1) is 0 Å². The highest BCUT2D eigenvalue weighted by molar-refractivity contribution is 6.17. The van der Waals surface area contributed by atoms with Crippen LogP contribution in [0.3, 0.4) is 0 Å². The van der Waals surface area contributed by atoms with E-state index in [-0.39, 0.29) is 0 Å². The lowest BCUT2D eigenvalue weighted by Crippen LogP contribution is -1.85. The number of halogens is 1. The third-order valence-electron chi connectivity index (χ3n) is 2.15. The third kappa shape index (κ3) is 1.78. The maximum Gasteiger partial charge on any atom is 0.0480 e. The van der Waals surface area contributed by atoms with Crippen LogP contribution in [0.15, 0.2) is 48.8 Å². The van der Waals surface area contributed by atoms with Crippen LogP contribution in [-0.4, -0.2) is 4.98 Å². The van der Waals surface area contributed by atoms with E-state index < -0.39 is 0 Å². The Hall–Kier alpha value is -1.34. The second-order valence-corrected chi connectivity index (χ2v) is 3.29. The van der Waals surface area contributed by atoms with Crippen LogP contribution in [0.1, 0.15) is 5.56 Å². The molecule has 0 aliphatic carbocycles. The van der Waals surface area contributed by atoms with E-state index in [0.717, 1.165) is 11.1 Å². The highest BCUT2D eigenvalue weighted by atomic mass is 35.5. The number of hydrogen-bond acceptors (Lipinski definition) is 1. The fraction of sp³-hybridized carbons (Fsp3) is 0.0833. The van der Waals surface area contributed by atoms with Gasteiger partial charge in [-0.1, -0.05) is 24.3 Å². The van der Waals surface area contributed by atoms with Gasteiger partial charge in [0.1, 0.15) is 0 Å². The second-order valence-electron chi connectivity index (χ2n) is 3.03. The molecule has 1 nitrogen and oxygen atoms in total. The van der Waals surface area contributed by atoms with Crippen molar-refractivity contribution in [3.8, 4) is 11.1 Å². The average Bonchev–Trinajstić information content (AvgIpc) is 2.30. The van der Waals surface area contributed by atoms with Gasteiger partial charge in [-0.2, -0.15) is 0 Å². The van der Waals surface area contributed by atoms with Crippen LogP contribution in [0.25, 0.3) is 11.1 Å². The zero-order valence-corrected chi connectivity index (χ0v) is 8.41. The van der Waals surface area contributed by atoms with Gasteiger partial charge in [-0.3, -0.25) is 4.98 Å². The van der Waals surface area contributed by atoms with E-state index in [1.165, 1.54) is 5.56 Å². The molecule has 2 heteroatoms. The summed E-state index contributed by atoms with van der Waals surface area (Å²) in [6.07, 6.45) is 3.58. The number of nitrogens with zero attached hydrogens (tertiary/aromatic N) is 1. The van der Waals surface area contributed by atoms with Gasteiger partial charge in [0.25, 0.3) is 0 Å². The van der Waals surface area contributed by atoms with E-state index in [0.29, 0.717) is 5.88 Å². The number of aromatic nitrogens is 1. The van der Waals surface area contributed by atoms with Gasteiger partial charge in [0.05, 0.1) is 0 Å². The fourth-order valence-corrected chi connectivity index (χ4v) is 1.68. The van der Waals surface area contributed by atoms with Crippen LogP contribution >= 0.6 is 11.6 Å². The van der Waals surface area contributed by atoms with Crippen molar-refractivity contribution in [2.24, 2.45) is 0 Å². The molecule has 0 spiro atoms. The van der Waals surface area contributed by atoms with Gasteiger partial charge < -0.3 is 0 Å². The van der Waals surface area contributed by atoms with E-state index in [1.54, 1.807) is 12.4 Å². The van der Waals surface area contributed by atoms with Crippen molar-refractivity contribution < 1.29 is 0 Å². The Kier molecular flexibility index (Phi) is 2.80. The standard InChI is InChI=1S/C12H10ClN/c13-9-11-3-1-2-4-12(11)10-5-7-14-8-6-10/h1-8H,9H2. The summed E-state index contributed by atoms with van der Waals surface area (Å²) in [5.74, 6) is 0.540. The summed E-state index contributed by atoms with van der Waals surface area (Å²) in [7, 11) is 0. The summed E-state index contributed by atoms with van der Waals surface area (Å²) in [5, 5.41) is 0. The fourth-order valence-electron chi connectivity index (χ4n) is 1.45. The zero-order valence-electron chi connectivity index (χ0n) is 7.65. The van der Waals surface area contributed by atoms with Gasteiger partial charge >= 0.3 is 0 Å². The molecule has 1 heterocycles. The predicted molar refractivity (Wildman–Crippen MR) is 59.2 cm³/mol. The Labute approximate surface area is 88.4 Å². The maximum atomic E-state index is 5.87. The SMILES string of the molecule is ClCc1ccccc1-c1ccncc1. The predicted octanol–water partition coefficient (Wildman–Crippen LogP) is 3.49. The number of rotatable bonds is 2. The molecule has 2 rings (SSSR count). The monoisotopic (exact) mass is 203 g/mol. The minimum atomic E-state index is 0.540. The van der Waals surface area contributed by atoms with Crippen molar-refractivity contribution in [1.82, 2.24) is 4.98 Å². The molecule has 0 bridgehead atoms. The van der Waals surface area contributed by atoms with Crippen molar-refractivity contribution in [2.75, 3.05) is 0 Å². The van der Waals surface area contributed by atoms with Gasteiger partial charge in [0.2, 0.25) is 0 Å². The minimum Gasteiger partial charge on any atom is -0.265 e. The lowest BCUT2D eigenvalue weighted by molar-refractivity contribution is 1.32. The van der Waals surface area contributed by atoms with Gasteiger partial charge in [-0.25, -0.2) is 0 Å². The smallest absolute Gasteiger partial charge is 0.0480 e. The van der Waals surface area contributed by atoms with Crippen LogP contribution in [0.2, 0.25) is 0 Å². The number of benzene rings is 1. The van der Waals surface area contributed by atoms with Crippen molar-refractivity contribution in [3.05, 3.63) is 54.4 Å². The normalized spacial score (nSPS) is 10.1. The summed E-state index contributed by atoms with van der Waals surface area (Å²) in [6.45, 7) is 0. The van der Waals surface area contributed by atoms with E-state index in [4.69, 9.17) is 11.6 Å². The molecule has 0 saturated carbocycles. The molecule has 1 aromatic heterocycles. The molecule has 0 aliphatic rings. The van der Waals surface area contributed by atoms with Gasteiger partial charge in [0.15, 0.2) is 0 Å². The summed E-state index contributed by atoms with van der Waals surface area (Å²) in [4.78, 5) is 3.99. The first-order valence-electron chi connectivity index (χ1n) is 4.46. The third-order valence-corrected chi connectivity index (χ3v) is 2.44. The molecule has 1 aromatic carbocycles. The molecule has 2 aromatic rings. The highest BCUT2D eigenvalue weighted by Gasteiger charge is 2.01. The highest BCUT2D eigenvalue weighted by Crippen LogP contribution is 2.23. The molecule has 0 radical (unpaired) electrons. The van der Waals surface area contributed by atoms with E-state index >= 15 is 0 Å². The largest absolute Gasteiger partial charge is 0.265 e. The minimum absolute atomic E-state index is 0.540. The molecule has 14 heavy (non-hydrogen) atoms. The van der Waals surface area contributed by atoms with Crippen LogP contribution in [-0.2, 0) is 5.88 Å². The molecule has 0 unspecified atom stereocenters. The molecule has 0 N–H and O–H groups in total. The molecule has 0 fully saturated rings. The Bertz CT molecular complexity index is 412. The summed E-state index contributed by atoms with van der Waals surface area (Å²) >= 11 is 5.87. The average molecular weight is 204 g/mol. The molecule has 0 atom stereocenters. The van der Waals surface area contributed by atoms with E-state index in [9.17, 15) is 0 Å². The van der Waals surface area contributed by atoms with Gasteiger partial charge in [-0.15, -0.1) is 11.6 Å². The molecular weight excluding hydrogens is 194 g/mol. The zero-order chi connectivity index (χ0) is 9.80. The maximum absolute atomic E-state index is 5.87. The molecule has 0 saturated heterocycles. The Morgan fingerprint density at radius 1 is 1.00 bits per heavy atom.